The fourth-order valence-corrected chi connectivity index (χ4v) is 3.54. The molecule has 0 saturated carbocycles. The highest BCUT2D eigenvalue weighted by atomic mass is 32.2. The highest BCUT2D eigenvalue weighted by molar-refractivity contribution is 7.99. The summed E-state index contributed by atoms with van der Waals surface area (Å²) in [6.45, 7) is 1.59. The van der Waals surface area contributed by atoms with Crippen molar-refractivity contribution in [3.05, 3.63) is 40.2 Å². The van der Waals surface area contributed by atoms with Gasteiger partial charge in [0.2, 0.25) is 0 Å². The topological polar surface area (TPSA) is 83.1 Å². The number of fused-ring (bicyclic) bond motifs is 1. The molecule has 1 aliphatic heterocycles. The third-order valence-electron chi connectivity index (χ3n) is 3.91. The first kappa shape index (κ1) is 16.8. The van der Waals surface area contributed by atoms with Crippen molar-refractivity contribution in [2.75, 3.05) is 12.4 Å². The molecular formula is C16H20N4O3S. The van der Waals surface area contributed by atoms with E-state index in [2.05, 4.69) is 14.8 Å². The monoisotopic (exact) mass is 348 g/mol. The van der Waals surface area contributed by atoms with E-state index in [0.717, 1.165) is 36.1 Å². The van der Waals surface area contributed by atoms with Crippen molar-refractivity contribution in [2.24, 2.45) is 0 Å². The van der Waals surface area contributed by atoms with Crippen LogP contribution in [-0.4, -0.2) is 32.0 Å². The minimum absolute atomic E-state index is 0.0744. The Bertz CT molecular complexity index is 687. The largest absolute Gasteiger partial charge is 0.494 e. The van der Waals surface area contributed by atoms with Gasteiger partial charge in [-0.1, -0.05) is 18.2 Å². The smallest absolute Gasteiger partial charge is 0.269 e. The van der Waals surface area contributed by atoms with Crippen LogP contribution < -0.4 is 4.74 Å². The number of rotatable bonds is 7. The van der Waals surface area contributed by atoms with E-state index < -0.39 is 4.92 Å². The Balaban J connectivity index is 1.41. The van der Waals surface area contributed by atoms with E-state index in [0.29, 0.717) is 12.4 Å². The maximum absolute atomic E-state index is 10.6. The lowest BCUT2D eigenvalue weighted by atomic mass is 10.2. The molecule has 0 N–H and O–H groups in total. The fraction of sp³-hybridized carbons (Fsp3) is 0.500. The van der Waals surface area contributed by atoms with Crippen LogP contribution in [0.4, 0.5) is 5.69 Å². The van der Waals surface area contributed by atoms with Gasteiger partial charge in [-0.05, 0) is 31.4 Å². The zero-order chi connectivity index (χ0) is 16.8. The predicted molar refractivity (Wildman–Crippen MR) is 91.5 cm³/mol. The van der Waals surface area contributed by atoms with Gasteiger partial charge in [0.25, 0.3) is 5.69 Å². The summed E-state index contributed by atoms with van der Waals surface area (Å²) >= 11 is 1.71. The molecule has 8 heteroatoms. The summed E-state index contributed by atoms with van der Waals surface area (Å²) in [6.07, 6.45) is 5.56. The molecule has 1 aromatic carbocycles. The van der Waals surface area contributed by atoms with Crippen LogP contribution in [0, 0.1) is 10.1 Å². The minimum atomic E-state index is -0.415. The van der Waals surface area contributed by atoms with E-state index in [1.807, 2.05) is 0 Å². The van der Waals surface area contributed by atoms with Gasteiger partial charge in [-0.25, -0.2) is 0 Å². The number of hydrogen-bond donors (Lipinski definition) is 0. The van der Waals surface area contributed by atoms with Crippen LogP contribution in [0.15, 0.2) is 29.4 Å². The van der Waals surface area contributed by atoms with Crippen LogP contribution in [0.5, 0.6) is 5.75 Å². The summed E-state index contributed by atoms with van der Waals surface area (Å²) in [4.78, 5) is 10.2. The molecule has 1 aliphatic rings. The molecule has 1 aromatic heterocycles. The van der Waals surface area contributed by atoms with Crippen LogP contribution >= 0.6 is 11.8 Å². The van der Waals surface area contributed by atoms with Gasteiger partial charge >= 0.3 is 0 Å². The second-order valence-electron chi connectivity index (χ2n) is 5.66. The molecule has 0 radical (unpaired) electrons. The zero-order valence-corrected chi connectivity index (χ0v) is 14.2. The van der Waals surface area contributed by atoms with Crippen LogP contribution in [0.1, 0.15) is 31.5 Å². The standard InChI is InChI=1S/C16H20N4O3S/c21-20(22)13-6-8-14(9-7-13)23-11-4-12-24-16-18-17-15-5-2-1-3-10-19(15)16/h6-9H,1-5,10-12H2. The quantitative estimate of drug-likeness (QED) is 0.330. The first-order valence-electron chi connectivity index (χ1n) is 8.16. The number of benzene rings is 1. The van der Waals surface area contributed by atoms with Crippen molar-refractivity contribution in [1.29, 1.82) is 0 Å². The van der Waals surface area contributed by atoms with Crippen molar-refractivity contribution >= 4 is 17.4 Å². The molecule has 0 spiro atoms. The number of aryl methyl sites for hydroxylation is 1. The van der Waals surface area contributed by atoms with Crippen molar-refractivity contribution < 1.29 is 9.66 Å². The molecule has 0 saturated heterocycles. The van der Waals surface area contributed by atoms with Crippen LogP contribution in [0.3, 0.4) is 0 Å². The maximum atomic E-state index is 10.6. The van der Waals surface area contributed by atoms with Crippen molar-refractivity contribution in [3.63, 3.8) is 0 Å². The fourth-order valence-electron chi connectivity index (χ4n) is 2.64. The van der Waals surface area contributed by atoms with E-state index in [9.17, 15) is 10.1 Å². The average molecular weight is 348 g/mol. The third-order valence-corrected chi connectivity index (χ3v) is 4.96. The SMILES string of the molecule is O=[N+]([O-])c1ccc(OCCCSc2nnc3n2CCCCC3)cc1. The van der Waals surface area contributed by atoms with Crippen molar-refractivity contribution in [3.8, 4) is 5.75 Å². The number of thioether (sulfide) groups is 1. The van der Waals surface area contributed by atoms with Crippen LogP contribution in [0.2, 0.25) is 0 Å². The number of nitro benzene ring substituents is 1. The summed E-state index contributed by atoms with van der Waals surface area (Å²) in [6, 6.07) is 6.17. The third kappa shape index (κ3) is 4.25. The Morgan fingerprint density at radius 3 is 2.83 bits per heavy atom. The maximum Gasteiger partial charge on any atom is 0.269 e. The molecule has 0 unspecified atom stereocenters. The zero-order valence-electron chi connectivity index (χ0n) is 13.4. The number of aromatic nitrogens is 3. The second kappa shape index (κ2) is 8.14. The lowest BCUT2D eigenvalue weighted by Gasteiger charge is -2.07. The van der Waals surface area contributed by atoms with Crippen molar-refractivity contribution in [2.45, 2.75) is 43.8 Å². The molecule has 128 valence electrons. The molecule has 0 fully saturated rings. The van der Waals surface area contributed by atoms with E-state index in [1.165, 1.54) is 31.4 Å². The molecule has 7 nitrogen and oxygen atoms in total. The van der Waals surface area contributed by atoms with Gasteiger partial charge in [-0.2, -0.15) is 0 Å². The summed E-state index contributed by atoms with van der Waals surface area (Å²) in [7, 11) is 0. The molecule has 0 amide bonds. The summed E-state index contributed by atoms with van der Waals surface area (Å²) < 4.78 is 7.86. The van der Waals surface area contributed by atoms with E-state index in [-0.39, 0.29) is 5.69 Å². The first-order chi connectivity index (χ1) is 11.7. The predicted octanol–water partition coefficient (Wildman–Crippen LogP) is 3.47. The number of nitro groups is 1. The normalized spacial score (nSPS) is 14.0. The summed E-state index contributed by atoms with van der Waals surface area (Å²) in [5.74, 6) is 2.67. The Labute approximate surface area is 144 Å². The summed E-state index contributed by atoms with van der Waals surface area (Å²) in [5.41, 5.74) is 0.0744. The van der Waals surface area contributed by atoms with E-state index in [1.54, 1.807) is 23.9 Å². The number of non-ortho nitro benzene ring substituents is 1. The minimum Gasteiger partial charge on any atom is -0.494 e. The molecule has 3 rings (SSSR count). The molecule has 0 bridgehead atoms. The summed E-state index contributed by atoms with van der Waals surface area (Å²) in [5, 5.41) is 20.2. The highest BCUT2D eigenvalue weighted by Crippen LogP contribution is 2.22. The van der Waals surface area contributed by atoms with Crippen LogP contribution in [0.25, 0.3) is 0 Å². The molecule has 2 heterocycles. The molecule has 2 aromatic rings. The second-order valence-corrected chi connectivity index (χ2v) is 6.72. The van der Waals surface area contributed by atoms with Gasteiger partial charge < -0.3 is 9.30 Å². The first-order valence-corrected chi connectivity index (χ1v) is 9.15. The van der Waals surface area contributed by atoms with Crippen molar-refractivity contribution in [1.82, 2.24) is 14.8 Å². The Morgan fingerprint density at radius 1 is 1.21 bits per heavy atom. The number of hydrogen-bond acceptors (Lipinski definition) is 6. The Morgan fingerprint density at radius 2 is 2.04 bits per heavy atom. The Hall–Kier alpha value is -2.09. The van der Waals surface area contributed by atoms with Gasteiger partial charge in [0, 0.05) is 30.9 Å². The van der Waals surface area contributed by atoms with Gasteiger partial charge in [0.15, 0.2) is 5.16 Å². The van der Waals surface area contributed by atoms with Crippen LogP contribution in [-0.2, 0) is 13.0 Å². The molecule has 0 atom stereocenters. The lowest BCUT2D eigenvalue weighted by Crippen LogP contribution is -2.03. The molecule has 24 heavy (non-hydrogen) atoms. The van der Waals surface area contributed by atoms with Gasteiger partial charge in [0.1, 0.15) is 11.6 Å². The highest BCUT2D eigenvalue weighted by Gasteiger charge is 2.14. The van der Waals surface area contributed by atoms with E-state index >= 15 is 0 Å². The number of ether oxygens (including phenoxy) is 1. The molecule has 0 aliphatic carbocycles. The lowest BCUT2D eigenvalue weighted by molar-refractivity contribution is -0.384. The molecular weight excluding hydrogens is 328 g/mol. The van der Waals surface area contributed by atoms with Gasteiger partial charge in [-0.3, -0.25) is 10.1 Å². The average Bonchev–Trinajstić information content (AvgIpc) is 2.82. The van der Waals surface area contributed by atoms with E-state index in [4.69, 9.17) is 4.74 Å². The Kier molecular flexibility index (Phi) is 5.68. The van der Waals surface area contributed by atoms with Gasteiger partial charge in [-0.15, -0.1) is 10.2 Å². The number of nitrogens with zero attached hydrogens (tertiary/aromatic N) is 4. The van der Waals surface area contributed by atoms with Gasteiger partial charge in [0.05, 0.1) is 11.5 Å².